The molecule has 0 aliphatic heterocycles. The number of methoxy groups -OCH3 is 1. The highest BCUT2D eigenvalue weighted by Gasteiger charge is 2.09. The van der Waals surface area contributed by atoms with Gasteiger partial charge in [0.05, 0.1) is 19.3 Å². The Kier molecular flexibility index (Phi) is 7.10. The molecule has 0 fully saturated rings. The Morgan fingerprint density at radius 3 is 2.74 bits per heavy atom. The maximum atomic E-state index is 11.6. The molecule has 19 heavy (non-hydrogen) atoms. The second-order valence-electron chi connectivity index (χ2n) is 4.57. The summed E-state index contributed by atoms with van der Waals surface area (Å²) in [6, 6.07) is 9.97. The smallest absolute Gasteiger partial charge is 0.234 e. The van der Waals surface area contributed by atoms with E-state index in [2.05, 4.69) is 5.32 Å². The van der Waals surface area contributed by atoms with Crippen LogP contribution in [0.4, 0.5) is 0 Å². The van der Waals surface area contributed by atoms with Gasteiger partial charge in [-0.2, -0.15) is 0 Å². The Hall–Kier alpha value is -1.43. The van der Waals surface area contributed by atoms with Crippen molar-refractivity contribution in [2.24, 2.45) is 0 Å². The van der Waals surface area contributed by atoms with Gasteiger partial charge in [0.25, 0.3) is 0 Å². The summed E-state index contributed by atoms with van der Waals surface area (Å²) in [4.78, 5) is 13.6. The van der Waals surface area contributed by atoms with E-state index in [1.54, 1.807) is 0 Å². The summed E-state index contributed by atoms with van der Waals surface area (Å²) >= 11 is 0. The van der Waals surface area contributed by atoms with Gasteiger partial charge in [0, 0.05) is 20.2 Å². The molecule has 1 aromatic carbocycles. The van der Waals surface area contributed by atoms with Gasteiger partial charge in [-0.15, -0.1) is 0 Å². The molecule has 0 aliphatic carbocycles. The van der Waals surface area contributed by atoms with Crippen LogP contribution in [-0.4, -0.2) is 55.9 Å². The summed E-state index contributed by atoms with van der Waals surface area (Å²) < 4.78 is 4.78. The number of hydrogen-bond donors (Lipinski definition) is 2. The summed E-state index contributed by atoms with van der Waals surface area (Å²) in [5, 5.41) is 12.1. The van der Waals surface area contributed by atoms with Crippen LogP contribution >= 0.6 is 0 Å². The van der Waals surface area contributed by atoms with Gasteiger partial charge in [0.2, 0.25) is 5.91 Å². The summed E-state index contributed by atoms with van der Waals surface area (Å²) in [5.74, 6) is -0.103. The summed E-state index contributed by atoms with van der Waals surface area (Å²) in [5.41, 5.74) is 1.16. The molecule has 5 nitrogen and oxygen atoms in total. The van der Waals surface area contributed by atoms with Gasteiger partial charge in [-0.25, -0.2) is 0 Å². The number of carbonyl (C=O) groups is 1. The normalized spacial score (nSPS) is 12.4. The minimum Gasteiger partial charge on any atom is -0.389 e. The van der Waals surface area contributed by atoms with Crippen molar-refractivity contribution in [1.29, 1.82) is 0 Å². The first-order valence-electron chi connectivity index (χ1n) is 6.28. The van der Waals surface area contributed by atoms with Gasteiger partial charge in [0.15, 0.2) is 0 Å². The van der Waals surface area contributed by atoms with Crippen LogP contribution in [0.1, 0.15) is 5.56 Å². The molecular formula is C14H22N2O3. The highest BCUT2D eigenvalue weighted by atomic mass is 16.5. The summed E-state index contributed by atoms with van der Waals surface area (Å²) in [6.45, 7) is 1.45. The minimum absolute atomic E-state index is 0.103. The summed E-state index contributed by atoms with van der Waals surface area (Å²) in [7, 11) is 3.40. The van der Waals surface area contributed by atoms with Crippen molar-refractivity contribution in [1.82, 2.24) is 10.2 Å². The molecule has 0 saturated heterocycles. The Balaban J connectivity index is 2.24. The number of nitrogens with one attached hydrogen (secondary N) is 1. The Bertz CT molecular complexity index is 370. The average molecular weight is 266 g/mol. The number of likely N-dealkylation sites (N-methyl/N-ethyl adjacent to an activating group) is 1. The number of nitrogens with zero attached hydrogens (tertiary/aromatic N) is 1. The van der Waals surface area contributed by atoms with Crippen molar-refractivity contribution in [3.05, 3.63) is 35.9 Å². The standard InChI is InChI=1S/C14H22N2O3/c1-16(9-12-6-4-3-5-7-12)10-14(18)15-8-13(17)11-19-2/h3-7,13,17H,8-11H2,1-2H3,(H,15,18). The minimum atomic E-state index is -0.659. The lowest BCUT2D eigenvalue weighted by atomic mass is 10.2. The predicted molar refractivity (Wildman–Crippen MR) is 73.7 cm³/mol. The number of aliphatic hydroxyl groups excluding tert-OH is 1. The summed E-state index contributed by atoms with van der Waals surface area (Å²) in [6.07, 6.45) is -0.659. The third-order valence-electron chi connectivity index (χ3n) is 2.60. The van der Waals surface area contributed by atoms with E-state index >= 15 is 0 Å². The zero-order chi connectivity index (χ0) is 14.1. The molecule has 1 atom stereocenters. The molecule has 1 unspecified atom stereocenters. The first kappa shape index (κ1) is 15.6. The third kappa shape index (κ3) is 6.91. The fourth-order valence-corrected chi connectivity index (χ4v) is 1.74. The highest BCUT2D eigenvalue weighted by Crippen LogP contribution is 2.01. The van der Waals surface area contributed by atoms with Crippen LogP contribution in [0.3, 0.4) is 0 Å². The van der Waals surface area contributed by atoms with E-state index in [1.165, 1.54) is 7.11 Å². The maximum absolute atomic E-state index is 11.6. The van der Waals surface area contributed by atoms with Crippen LogP contribution in [0.25, 0.3) is 0 Å². The fourth-order valence-electron chi connectivity index (χ4n) is 1.74. The maximum Gasteiger partial charge on any atom is 0.234 e. The van der Waals surface area contributed by atoms with Crippen LogP contribution in [0.2, 0.25) is 0 Å². The quantitative estimate of drug-likeness (QED) is 0.707. The molecular weight excluding hydrogens is 244 g/mol. The third-order valence-corrected chi connectivity index (χ3v) is 2.60. The number of amides is 1. The topological polar surface area (TPSA) is 61.8 Å². The largest absolute Gasteiger partial charge is 0.389 e. The van der Waals surface area contributed by atoms with E-state index in [0.717, 1.165) is 12.1 Å². The number of benzene rings is 1. The van der Waals surface area contributed by atoms with Crippen molar-refractivity contribution in [3.63, 3.8) is 0 Å². The second-order valence-corrected chi connectivity index (χ2v) is 4.57. The number of carbonyl (C=O) groups excluding carboxylic acids is 1. The second kappa shape index (κ2) is 8.63. The first-order valence-corrected chi connectivity index (χ1v) is 6.28. The van der Waals surface area contributed by atoms with E-state index in [1.807, 2.05) is 42.3 Å². The van der Waals surface area contributed by atoms with Crippen LogP contribution in [-0.2, 0) is 16.1 Å². The van der Waals surface area contributed by atoms with Crippen LogP contribution < -0.4 is 5.32 Å². The van der Waals surface area contributed by atoms with Gasteiger partial charge >= 0.3 is 0 Å². The Labute approximate surface area is 114 Å². The first-order chi connectivity index (χ1) is 9.11. The zero-order valence-electron chi connectivity index (χ0n) is 11.5. The molecule has 0 heterocycles. The average Bonchev–Trinajstić information content (AvgIpc) is 2.38. The zero-order valence-corrected chi connectivity index (χ0v) is 11.5. The molecule has 1 amide bonds. The van der Waals surface area contributed by atoms with Crippen LogP contribution in [0, 0.1) is 0 Å². The molecule has 0 bridgehead atoms. The molecule has 1 aromatic rings. The van der Waals surface area contributed by atoms with Crippen molar-refractivity contribution in [3.8, 4) is 0 Å². The lowest BCUT2D eigenvalue weighted by molar-refractivity contribution is -0.122. The molecule has 0 radical (unpaired) electrons. The predicted octanol–water partition coefficient (Wildman–Crippen LogP) is 0.242. The van der Waals surface area contributed by atoms with E-state index < -0.39 is 6.10 Å². The van der Waals surface area contributed by atoms with Crippen molar-refractivity contribution < 1.29 is 14.6 Å². The SMILES string of the molecule is COCC(O)CNC(=O)CN(C)Cc1ccccc1. The van der Waals surface area contributed by atoms with Crippen LogP contribution in [0.5, 0.6) is 0 Å². The molecule has 0 aromatic heterocycles. The van der Waals surface area contributed by atoms with Gasteiger partial charge in [-0.05, 0) is 12.6 Å². The van der Waals surface area contributed by atoms with Gasteiger partial charge in [-0.3, -0.25) is 9.69 Å². The van der Waals surface area contributed by atoms with Gasteiger partial charge in [0.1, 0.15) is 0 Å². The number of hydrogen-bond acceptors (Lipinski definition) is 4. The van der Waals surface area contributed by atoms with E-state index in [-0.39, 0.29) is 19.1 Å². The van der Waals surface area contributed by atoms with Gasteiger partial charge < -0.3 is 15.2 Å². The molecule has 2 N–H and O–H groups in total. The lowest BCUT2D eigenvalue weighted by Gasteiger charge is -2.17. The number of rotatable bonds is 8. The van der Waals surface area contributed by atoms with E-state index in [0.29, 0.717) is 6.54 Å². The van der Waals surface area contributed by atoms with Crippen LogP contribution in [0.15, 0.2) is 30.3 Å². The van der Waals surface area contributed by atoms with Crippen molar-refractivity contribution >= 4 is 5.91 Å². The van der Waals surface area contributed by atoms with E-state index in [9.17, 15) is 9.90 Å². The van der Waals surface area contributed by atoms with Gasteiger partial charge in [-0.1, -0.05) is 30.3 Å². The molecule has 1 rings (SSSR count). The monoisotopic (exact) mass is 266 g/mol. The number of aliphatic hydroxyl groups is 1. The van der Waals surface area contributed by atoms with Crippen molar-refractivity contribution in [2.45, 2.75) is 12.6 Å². The van der Waals surface area contributed by atoms with Crippen molar-refractivity contribution in [2.75, 3.05) is 33.9 Å². The fraction of sp³-hybridized carbons (Fsp3) is 0.500. The molecule has 5 heteroatoms. The Morgan fingerprint density at radius 1 is 1.42 bits per heavy atom. The molecule has 0 aliphatic rings. The lowest BCUT2D eigenvalue weighted by Crippen LogP contribution is -2.39. The highest BCUT2D eigenvalue weighted by molar-refractivity contribution is 5.77. The molecule has 0 saturated carbocycles. The molecule has 0 spiro atoms. The van der Waals surface area contributed by atoms with E-state index in [4.69, 9.17) is 4.74 Å². The number of ether oxygens (including phenoxy) is 1. The Morgan fingerprint density at radius 2 is 2.11 bits per heavy atom. The molecule has 106 valence electrons.